The molecule has 3 heteroatoms. The average Bonchev–Trinajstić information content (AvgIpc) is 2.30. The van der Waals surface area contributed by atoms with Gasteiger partial charge in [-0.05, 0) is 23.8 Å². The topological polar surface area (TPSA) is 38.9 Å². The molecular formula is C12H11FN2. The molecule has 0 unspecified atom stereocenters. The van der Waals surface area contributed by atoms with Crippen LogP contribution >= 0.6 is 0 Å². The number of hydrogen-bond donors (Lipinski definition) is 1. The third-order valence-electron chi connectivity index (χ3n) is 2.24. The first-order chi connectivity index (χ1) is 7.33. The van der Waals surface area contributed by atoms with Crippen molar-refractivity contribution in [1.29, 1.82) is 0 Å². The SMILES string of the molecule is NCc1cccnc1-c1ccccc1F. The van der Waals surface area contributed by atoms with Gasteiger partial charge in [0, 0.05) is 18.3 Å². The molecule has 1 aromatic carbocycles. The van der Waals surface area contributed by atoms with E-state index in [1.165, 1.54) is 6.07 Å². The summed E-state index contributed by atoms with van der Waals surface area (Å²) < 4.78 is 13.5. The highest BCUT2D eigenvalue weighted by atomic mass is 19.1. The van der Waals surface area contributed by atoms with Crippen LogP contribution in [0.3, 0.4) is 0 Å². The van der Waals surface area contributed by atoms with Gasteiger partial charge in [-0.2, -0.15) is 0 Å². The zero-order valence-electron chi connectivity index (χ0n) is 8.15. The van der Waals surface area contributed by atoms with Crippen LogP contribution in [-0.2, 0) is 6.54 Å². The Morgan fingerprint density at radius 2 is 1.93 bits per heavy atom. The molecule has 2 nitrogen and oxygen atoms in total. The highest BCUT2D eigenvalue weighted by Gasteiger charge is 2.08. The molecular weight excluding hydrogens is 191 g/mol. The quantitative estimate of drug-likeness (QED) is 0.811. The van der Waals surface area contributed by atoms with Crippen LogP contribution in [-0.4, -0.2) is 4.98 Å². The first-order valence-electron chi connectivity index (χ1n) is 4.72. The van der Waals surface area contributed by atoms with Gasteiger partial charge in [0.05, 0.1) is 5.69 Å². The third kappa shape index (κ3) is 1.87. The number of nitrogens with zero attached hydrogens (tertiary/aromatic N) is 1. The fraction of sp³-hybridized carbons (Fsp3) is 0.0833. The minimum atomic E-state index is -0.272. The molecule has 0 radical (unpaired) electrons. The van der Waals surface area contributed by atoms with Gasteiger partial charge in [-0.25, -0.2) is 4.39 Å². The molecule has 1 aromatic heterocycles. The summed E-state index contributed by atoms with van der Waals surface area (Å²) in [6, 6.07) is 10.2. The zero-order valence-corrected chi connectivity index (χ0v) is 8.15. The van der Waals surface area contributed by atoms with E-state index in [0.717, 1.165) is 5.56 Å². The number of benzene rings is 1. The molecule has 2 aromatic rings. The summed E-state index contributed by atoms with van der Waals surface area (Å²) in [4.78, 5) is 4.16. The Bertz CT molecular complexity index is 469. The monoisotopic (exact) mass is 202 g/mol. The Labute approximate surface area is 87.6 Å². The Morgan fingerprint density at radius 3 is 2.67 bits per heavy atom. The lowest BCUT2D eigenvalue weighted by Crippen LogP contribution is -2.01. The smallest absolute Gasteiger partial charge is 0.132 e. The first kappa shape index (κ1) is 9.80. The van der Waals surface area contributed by atoms with Gasteiger partial charge in [0.15, 0.2) is 0 Å². The minimum absolute atomic E-state index is 0.272. The number of rotatable bonds is 2. The molecule has 2 rings (SSSR count). The van der Waals surface area contributed by atoms with Crippen LogP contribution in [0.1, 0.15) is 5.56 Å². The molecule has 2 N–H and O–H groups in total. The summed E-state index contributed by atoms with van der Waals surface area (Å²) in [5.41, 5.74) is 7.55. The standard InChI is InChI=1S/C12H11FN2/c13-11-6-2-1-5-10(11)12-9(8-14)4-3-7-15-12/h1-7H,8,14H2. The van der Waals surface area contributed by atoms with Gasteiger partial charge in [0.1, 0.15) is 5.82 Å². The lowest BCUT2D eigenvalue weighted by atomic mass is 10.1. The van der Waals surface area contributed by atoms with Gasteiger partial charge >= 0.3 is 0 Å². The molecule has 0 spiro atoms. The van der Waals surface area contributed by atoms with Gasteiger partial charge in [-0.15, -0.1) is 0 Å². The molecule has 15 heavy (non-hydrogen) atoms. The number of pyridine rings is 1. The van der Waals surface area contributed by atoms with Gasteiger partial charge in [0.2, 0.25) is 0 Å². The lowest BCUT2D eigenvalue weighted by molar-refractivity contribution is 0.630. The van der Waals surface area contributed by atoms with Gasteiger partial charge in [-0.3, -0.25) is 4.98 Å². The van der Waals surface area contributed by atoms with E-state index in [2.05, 4.69) is 4.98 Å². The van der Waals surface area contributed by atoms with Crippen molar-refractivity contribution in [3.05, 3.63) is 54.0 Å². The predicted octanol–water partition coefficient (Wildman–Crippen LogP) is 2.35. The van der Waals surface area contributed by atoms with Crippen molar-refractivity contribution < 1.29 is 4.39 Å². The molecule has 0 amide bonds. The highest BCUT2D eigenvalue weighted by molar-refractivity contribution is 5.63. The molecule has 0 aliphatic carbocycles. The van der Waals surface area contributed by atoms with E-state index in [4.69, 9.17) is 5.73 Å². The van der Waals surface area contributed by atoms with Crippen LogP contribution in [0.4, 0.5) is 4.39 Å². The van der Waals surface area contributed by atoms with Crippen LogP contribution < -0.4 is 5.73 Å². The van der Waals surface area contributed by atoms with Crippen molar-refractivity contribution in [3.63, 3.8) is 0 Å². The number of halogens is 1. The summed E-state index contributed by atoms with van der Waals surface area (Å²) in [7, 11) is 0. The van der Waals surface area contributed by atoms with Crippen molar-refractivity contribution in [2.24, 2.45) is 5.73 Å². The Balaban J connectivity index is 2.59. The van der Waals surface area contributed by atoms with Crippen LogP contribution in [0.5, 0.6) is 0 Å². The maximum absolute atomic E-state index is 13.5. The number of hydrogen-bond acceptors (Lipinski definition) is 2. The summed E-state index contributed by atoms with van der Waals surface area (Å²) >= 11 is 0. The second-order valence-corrected chi connectivity index (χ2v) is 3.20. The summed E-state index contributed by atoms with van der Waals surface area (Å²) in [6.45, 7) is 0.359. The highest BCUT2D eigenvalue weighted by Crippen LogP contribution is 2.23. The summed E-state index contributed by atoms with van der Waals surface area (Å²) in [5, 5.41) is 0. The lowest BCUT2D eigenvalue weighted by Gasteiger charge is -2.06. The molecule has 0 bridgehead atoms. The van der Waals surface area contributed by atoms with Crippen LogP contribution in [0.25, 0.3) is 11.3 Å². The van der Waals surface area contributed by atoms with Crippen LogP contribution in [0.2, 0.25) is 0 Å². The van der Waals surface area contributed by atoms with Crippen molar-refractivity contribution in [3.8, 4) is 11.3 Å². The maximum atomic E-state index is 13.5. The Hall–Kier alpha value is -1.74. The van der Waals surface area contributed by atoms with Crippen molar-refractivity contribution in [1.82, 2.24) is 4.98 Å². The normalized spacial score (nSPS) is 10.3. The summed E-state index contributed by atoms with van der Waals surface area (Å²) in [5.74, 6) is -0.272. The molecule has 0 saturated heterocycles. The van der Waals surface area contributed by atoms with E-state index in [1.807, 2.05) is 6.07 Å². The van der Waals surface area contributed by atoms with E-state index in [1.54, 1.807) is 30.5 Å². The second kappa shape index (κ2) is 4.19. The van der Waals surface area contributed by atoms with E-state index in [-0.39, 0.29) is 5.82 Å². The van der Waals surface area contributed by atoms with Gasteiger partial charge in [-0.1, -0.05) is 18.2 Å². The predicted molar refractivity (Wildman–Crippen MR) is 57.5 cm³/mol. The molecule has 0 saturated carbocycles. The molecule has 0 aliphatic rings. The van der Waals surface area contributed by atoms with Gasteiger partial charge < -0.3 is 5.73 Å². The van der Waals surface area contributed by atoms with Crippen molar-refractivity contribution in [2.75, 3.05) is 0 Å². The fourth-order valence-corrected chi connectivity index (χ4v) is 1.50. The van der Waals surface area contributed by atoms with Crippen molar-refractivity contribution in [2.45, 2.75) is 6.54 Å². The molecule has 0 aliphatic heterocycles. The zero-order chi connectivity index (χ0) is 10.7. The van der Waals surface area contributed by atoms with Crippen LogP contribution in [0, 0.1) is 5.82 Å². The van der Waals surface area contributed by atoms with E-state index in [9.17, 15) is 4.39 Å². The Kier molecular flexibility index (Phi) is 2.74. The molecule has 1 heterocycles. The molecule has 0 atom stereocenters. The molecule has 76 valence electrons. The van der Waals surface area contributed by atoms with Crippen LogP contribution in [0.15, 0.2) is 42.6 Å². The minimum Gasteiger partial charge on any atom is -0.326 e. The van der Waals surface area contributed by atoms with E-state index < -0.39 is 0 Å². The van der Waals surface area contributed by atoms with Gasteiger partial charge in [0.25, 0.3) is 0 Å². The average molecular weight is 202 g/mol. The van der Waals surface area contributed by atoms with E-state index >= 15 is 0 Å². The maximum Gasteiger partial charge on any atom is 0.132 e. The number of nitrogens with two attached hydrogens (primary N) is 1. The largest absolute Gasteiger partial charge is 0.326 e. The Morgan fingerprint density at radius 1 is 1.13 bits per heavy atom. The third-order valence-corrected chi connectivity index (χ3v) is 2.24. The fourth-order valence-electron chi connectivity index (χ4n) is 1.50. The first-order valence-corrected chi connectivity index (χ1v) is 4.72. The molecule has 0 fully saturated rings. The van der Waals surface area contributed by atoms with Crippen molar-refractivity contribution >= 4 is 0 Å². The van der Waals surface area contributed by atoms with E-state index in [0.29, 0.717) is 17.8 Å². The summed E-state index contributed by atoms with van der Waals surface area (Å²) in [6.07, 6.45) is 1.64. The second-order valence-electron chi connectivity index (χ2n) is 3.20. The number of aromatic nitrogens is 1.